The number of ether oxygens (including phenoxy) is 1. The predicted octanol–water partition coefficient (Wildman–Crippen LogP) is 3.42. The second kappa shape index (κ2) is 10.4. The highest BCUT2D eigenvalue weighted by Crippen LogP contribution is 2.24. The lowest BCUT2D eigenvalue weighted by Gasteiger charge is -2.37. The lowest BCUT2D eigenvalue weighted by molar-refractivity contribution is -0.137. The molecular weight excluding hydrogens is 316 g/mol. The topological polar surface area (TPSA) is 61.8 Å². The van der Waals surface area contributed by atoms with Crippen LogP contribution >= 0.6 is 0 Å². The maximum Gasteiger partial charge on any atom is 0.303 e. The van der Waals surface area contributed by atoms with Crippen LogP contribution in [0.15, 0.2) is 24.3 Å². The minimum Gasteiger partial charge on any atom is -0.481 e. The van der Waals surface area contributed by atoms with Crippen molar-refractivity contribution in [2.24, 2.45) is 0 Å². The summed E-state index contributed by atoms with van der Waals surface area (Å²) in [5.41, 5.74) is 2.63. The molecule has 1 aliphatic heterocycles. The lowest BCUT2D eigenvalue weighted by atomic mass is 10.1. The van der Waals surface area contributed by atoms with Crippen molar-refractivity contribution in [3.8, 4) is 0 Å². The first-order valence-corrected chi connectivity index (χ1v) is 9.47. The Kier molecular flexibility index (Phi) is 8.22. The molecule has 0 aromatic heterocycles. The molecule has 2 N–H and O–H groups in total. The number of hydrogen-bond donors (Lipinski definition) is 2. The fourth-order valence-corrected chi connectivity index (χ4v) is 3.45. The van der Waals surface area contributed by atoms with Crippen molar-refractivity contribution in [1.82, 2.24) is 5.32 Å². The van der Waals surface area contributed by atoms with Crippen molar-refractivity contribution in [1.29, 1.82) is 0 Å². The van der Waals surface area contributed by atoms with Gasteiger partial charge < -0.3 is 20.1 Å². The predicted molar refractivity (Wildman–Crippen MR) is 101 cm³/mol. The first-order chi connectivity index (χ1) is 12.1. The van der Waals surface area contributed by atoms with Crippen molar-refractivity contribution < 1.29 is 14.6 Å². The number of unbranched alkanes of at least 4 members (excludes halogenated alkanes) is 3. The number of hydrogen-bond acceptors (Lipinski definition) is 4. The first-order valence-electron chi connectivity index (χ1n) is 9.47. The van der Waals surface area contributed by atoms with E-state index >= 15 is 0 Å². The fraction of sp³-hybridized carbons (Fsp3) is 0.650. The number of carbonyl (C=O) groups is 1. The Morgan fingerprint density at radius 3 is 2.56 bits per heavy atom. The van der Waals surface area contributed by atoms with Gasteiger partial charge in [0.15, 0.2) is 0 Å². The van der Waals surface area contributed by atoms with Crippen LogP contribution in [0.1, 0.15) is 51.5 Å². The molecule has 0 saturated carbocycles. The second-order valence-corrected chi connectivity index (χ2v) is 7.03. The third-order valence-electron chi connectivity index (χ3n) is 4.56. The highest BCUT2D eigenvalue weighted by atomic mass is 16.5. The normalized spacial score (nSPS) is 20.6. The van der Waals surface area contributed by atoms with Gasteiger partial charge in [-0.15, -0.1) is 0 Å². The quantitative estimate of drug-likeness (QED) is 0.634. The summed E-state index contributed by atoms with van der Waals surface area (Å²) in [5, 5.41) is 12.2. The number of carboxylic acid groups (broad SMARTS) is 1. The average molecular weight is 348 g/mol. The molecule has 1 aromatic rings. The van der Waals surface area contributed by atoms with Crippen LogP contribution in [-0.4, -0.2) is 42.9 Å². The van der Waals surface area contributed by atoms with E-state index in [-0.39, 0.29) is 18.6 Å². The third kappa shape index (κ3) is 7.04. The molecule has 5 heteroatoms. The monoisotopic (exact) mass is 348 g/mol. The molecule has 0 radical (unpaired) electrons. The number of rotatable bonds is 10. The van der Waals surface area contributed by atoms with E-state index in [0.29, 0.717) is 0 Å². The van der Waals surface area contributed by atoms with Crippen LogP contribution in [0.3, 0.4) is 0 Å². The van der Waals surface area contributed by atoms with E-state index in [9.17, 15) is 4.79 Å². The highest BCUT2D eigenvalue weighted by molar-refractivity contribution is 5.66. The molecule has 0 amide bonds. The molecule has 1 heterocycles. The summed E-state index contributed by atoms with van der Waals surface area (Å²) in [5.74, 6) is -0.693. The summed E-state index contributed by atoms with van der Waals surface area (Å²) in [6.07, 6.45) is 4.76. The Bertz CT molecular complexity index is 525. The molecule has 1 aliphatic rings. The highest BCUT2D eigenvalue weighted by Gasteiger charge is 2.23. The second-order valence-electron chi connectivity index (χ2n) is 7.03. The average Bonchev–Trinajstić information content (AvgIpc) is 2.56. The van der Waals surface area contributed by atoms with Crippen molar-refractivity contribution in [3.05, 3.63) is 29.8 Å². The zero-order chi connectivity index (χ0) is 18.1. The van der Waals surface area contributed by atoms with Gasteiger partial charge in [-0.3, -0.25) is 4.79 Å². The molecule has 5 nitrogen and oxygen atoms in total. The number of para-hydroxylation sites is 1. The van der Waals surface area contributed by atoms with Crippen molar-refractivity contribution in [3.63, 3.8) is 0 Å². The van der Waals surface area contributed by atoms with Crippen LogP contribution in [0.4, 0.5) is 5.69 Å². The molecule has 2 atom stereocenters. The fourth-order valence-electron chi connectivity index (χ4n) is 3.45. The van der Waals surface area contributed by atoms with Crippen LogP contribution in [0.2, 0.25) is 0 Å². The largest absolute Gasteiger partial charge is 0.481 e. The molecule has 25 heavy (non-hydrogen) atoms. The van der Waals surface area contributed by atoms with Gasteiger partial charge in [0.05, 0.1) is 12.2 Å². The molecule has 1 fully saturated rings. The summed E-state index contributed by atoms with van der Waals surface area (Å²) in [6, 6.07) is 8.60. The van der Waals surface area contributed by atoms with E-state index in [1.807, 2.05) is 0 Å². The van der Waals surface area contributed by atoms with Crippen LogP contribution < -0.4 is 10.2 Å². The van der Waals surface area contributed by atoms with E-state index in [1.54, 1.807) is 0 Å². The van der Waals surface area contributed by atoms with Gasteiger partial charge in [0, 0.05) is 31.7 Å². The number of anilines is 1. The number of nitrogens with zero attached hydrogens (tertiary/aromatic N) is 1. The first kappa shape index (κ1) is 19.7. The number of morpholine rings is 1. The minimum absolute atomic E-state index is 0.260. The lowest BCUT2D eigenvalue weighted by Crippen LogP contribution is -2.46. The van der Waals surface area contributed by atoms with Gasteiger partial charge in [-0.05, 0) is 44.9 Å². The molecule has 140 valence electrons. The SMILES string of the molecule is C[C@@H]1CN(c2ccccc2CNCCCCCCC(=O)O)C[C@H](C)O1. The zero-order valence-electron chi connectivity index (χ0n) is 15.5. The Morgan fingerprint density at radius 2 is 1.84 bits per heavy atom. The molecule has 2 rings (SSSR count). The minimum atomic E-state index is -0.693. The number of aliphatic carboxylic acids is 1. The Labute approximate surface area is 151 Å². The van der Waals surface area contributed by atoms with Gasteiger partial charge in [-0.1, -0.05) is 31.0 Å². The van der Waals surface area contributed by atoms with Gasteiger partial charge in [0.1, 0.15) is 0 Å². The van der Waals surface area contributed by atoms with E-state index in [0.717, 1.165) is 51.9 Å². The maximum absolute atomic E-state index is 10.5. The van der Waals surface area contributed by atoms with Crippen molar-refractivity contribution >= 4 is 11.7 Å². The molecule has 0 aliphatic carbocycles. The van der Waals surface area contributed by atoms with Gasteiger partial charge in [0.25, 0.3) is 0 Å². The molecular formula is C20H32N2O3. The number of carboxylic acids is 1. The van der Waals surface area contributed by atoms with Crippen LogP contribution in [0.5, 0.6) is 0 Å². The van der Waals surface area contributed by atoms with E-state index < -0.39 is 5.97 Å². The zero-order valence-corrected chi connectivity index (χ0v) is 15.5. The summed E-state index contributed by atoms with van der Waals surface area (Å²) >= 11 is 0. The van der Waals surface area contributed by atoms with Crippen LogP contribution in [0.25, 0.3) is 0 Å². The van der Waals surface area contributed by atoms with Crippen molar-refractivity contribution in [2.75, 3.05) is 24.5 Å². The summed E-state index contributed by atoms with van der Waals surface area (Å²) in [4.78, 5) is 12.9. The van der Waals surface area contributed by atoms with Crippen LogP contribution in [-0.2, 0) is 16.1 Å². The molecule has 0 bridgehead atoms. The smallest absolute Gasteiger partial charge is 0.303 e. The summed E-state index contributed by atoms with van der Waals surface area (Å²) < 4.78 is 5.84. The van der Waals surface area contributed by atoms with E-state index in [2.05, 4.69) is 48.3 Å². The molecule has 1 aromatic carbocycles. The summed E-state index contributed by atoms with van der Waals surface area (Å²) in [7, 11) is 0. The van der Waals surface area contributed by atoms with Gasteiger partial charge in [-0.25, -0.2) is 0 Å². The molecule has 1 saturated heterocycles. The van der Waals surface area contributed by atoms with Gasteiger partial charge in [0.2, 0.25) is 0 Å². The van der Waals surface area contributed by atoms with Gasteiger partial charge >= 0.3 is 5.97 Å². The standard InChI is InChI=1S/C20H32N2O3/c1-16-14-22(15-17(2)25-16)19-10-7-6-9-18(19)13-21-12-8-4-3-5-11-20(23)24/h6-7,9-10,16-17,21H,3-5,8,11-15H2,1-2H3,(H,23,24)/t16-,17+. The Balaban J connectivity index is 1.74. The molecule has 0 unspecified atom stereocenters. The van der Waals surface area contributed by atoms with Crippen molar-refractivity contribution in [2.45, 2.75) is 64.7 Å². The van der Waals surface area contributed by atoms with Crippen LogP contribution in [0, 0.1) is 0 Å². The number of nitrogens with one attached hydrogen (secondary N) is 1. The van der Waals surface area contributed by atoms with E-state index in [1.165, 1.54) is 11.3 Å². The van der Waals surface area contributed by atoms with E-state index in [4.69, 9.17) is 9.84 Å². The molecule has 0 spiro atoms. The summed E-state index contributed by atoms with van der Waals surface area (Å²) in [6.45, 7) is 7.97. The Morgan fingerprint density at radius 1 is 1.16 bits per heavy atom. The number of benzene rings is 1. The third-order valence-corrected chi connectivity index (χ3v) is 4.56. The maximum atomic E-state index is 10.5. The van der Waals surface area contributed by atoms with Gasteiger partial charge in [-0.2, -0.15) is 0 Å². The Hall–Kier alpha value is -1.59.